The van der Waals surface area contributed by atoms with Crippen molar-refractivity contribution in [3.05, 3.63) is 24.3 Å². The van der Waals surface area contributed by atoms with E-state index in [1.165, 1.54) is 0 Å². The fourth-order valence-electron chi connectivity index (χ4n) is 1.68. The molecule has 0 aliphatic carbocycles. The van der Waals surface area contributed by atoms with Crippen molar-refractivity contribution < 1.29 is 4.74 Å². The van der Waals surface area contributed by atoms with Gasteiger partial charge in [-0.25, -0.2) is 0 Å². The summed E-state index contributed by atoms with van der Waals surface area (Å²) in [6.07, 6.45) is 2.12. The van der Waals surface area contributed by atoms with Crippen LogP contribution in [0.3, 0.4) is 0 Å². The van der Waals surface area contributed by atoms with Gasteiger partial charge in [0, 0.05) is 0 Å². The monoisotopic (exact) mass is 192 g/mol. The van der Waals surface area contributed by atoms with Crippen LogP contribution < -0.4 is 15.8 Å². The molecule has 1 aliphatic rings. The van der Waals surface area contributed by atoms with Crippen LogP contribution in [-0.4, -0.2) is 19.2 Å². The molecular weight excluding hydrogens is 176 g/mol. The molecule has 0 saturated carbocycles. The third-order valence-electron chi connectivity index (χ3n) is 2.44. The first-order valence-corrected chi connectivity index (χ1v) is 5.08. The number of rotatable bonds is 3. The zero-order valence-electron chi connectivity index (χ0n) is 8.20. The number of ether oxygens (including phenoxy) is 1. The van der Waals surface area contributed by atoms with Crippen LogP contribution in [0.4, 0.5) is 5.69 Å². The number of anilines is 1. The summed E-state index contributed by atoms with van der Waals surface area (Å²) in [6, 6.07) is 8.44. The molecule has 1 atom stereocenters. The van der Waals surface area contributed by atoms with Crippen LogP contribution in [0.1, 0.15) is 12.8 Å². The summed E-state index contributed by atoms with van der Waals surface area (Å²) < 4.78 is 5.63. The van der Waals surface area contributed by atoms with Crippen molar-refractivity contribution in [1.29, 1.82) is 0 Å². The molecule has 76 valence electrons. The molecule has 0 saturated heterocycles. The highest BCUT2D eigenvalue weighted by molar-refractivity contribution is 5.58. The van der Waals surface area contributed by atoms with Crippen molar-refractivity contribution in [1.82, 2.24) is 0 Å². The number of nitrogens with two attached hydrogens (primary N) is 1. The predicted octanol–water partition coefficient (Wildman–Crippen LogP) is 1.60. The Kier molecular flexibility index (Phi) is 2.89. The molecule has 0 amide bonds. The number of nitrogens with one attached hydrogen (secondary N) is 1. The minimum absolute atomic E-state index is 0.411. The fraction of sp³-hybridized carbons (Fsp3) is 0.455. The van der Waals surface area contributed by atoms with E-state index in [0.29, 0.717) is 6.04 Å². The normalized spacial score (nSPS) is 19.4. The molecule has 1 heterocycles. The fourth-order valence-corrected chi connectivity index (χ4v) is 1.68. The molecule has 0 fully saturated rings. The van der Waals surface area contributed by atoms with Gasteiger partial charge in [-0.1, -0.05) is 12.1 Å². The van der Waals surface area contributed by atoms with Gasteiger partial charge in [0.1, 0.15) is 12.4 Å². The quantitative estimate of drug-likeness (QED) is 0.764. The van der Waals surface area contributed by atoms with Crippen molar-refractivity contribution >= 4 is 5.69 Å². The van der Waals surface area contributed by atoms with Crippen LogP contribution in [0.2, 0.25) is 0 Å². The summed E-state index contributed by atoms with van der Waals surface area (Å²) in [5, 5.41) is 3.45. The van der Waals surface area contributed by atoms with E-state index in [0.717, 1.165) is 37.4 Å². The Morgan fingerprint density at radius 2 is 2.29 bits per heavy atom. The molecule has 0 radical (unpaired) electrons. The largest absolute Gasteiger partial charge is 0.489 e. The second kappa shape index (κ2) is 4.33. The molecule has 1 aromatic carbocycles. The van der Waals surface area contributed by atoms with Gasteiger partial charge in [-0.3, -0.25) is 0 Å². The van der Waals surface area contributed by atoms with Crippen LogP contribution in [-0.2, 0) is 0 Å². The molecule has 0 aromatic heterocycles. The van der Waals surface area contributed by atoms with E-state index in [1.807, 2.05) is 24.3 Å². The van der Waals surface area contributed by atoms with Crippen molar-refractivity contribution in [2.75, 3.05) is 18.5 Å². The molecule has 3 heteroatoms. The third-order valence-corrected chi connectivity index (χ3v) is 2.44. The molecule has 14 heavy (non-hydrogen) atoms. The lowest BCUT2D eigenvalue weighted by molar-refractivity contribution is 0.277. The Labute approximate surface area is 84.3 Å². The van der Waals surface area contributed by atoms with E-state index in [-0.39, 0.29) is 0 Å². The minimum atomic E-state index is 0.411. The number of benzene rings is 1. The van der Waals surface area contributed by atoms with Gasteiger partial charge in [-0.15, -0.1) is 0 Å². The van der Waals surface area contributed by atoms with Gasteiger partial charge in [0.2, 0.25) is 0 Å². The zero-order valence-corrected chi connectivity index (χ0v) is 8.20. The van der Waals surface area contributed by atoms with E-state index >= 15 is 0 Å². The standard InChI is InChI=1S/C11H16N2O/c12-7-3-4-9-8-14-11-6-2-1-5-10(11)13-9/h1-2,5-6,9,13H,3-4,7-8,12H2. The average Bonchev–Trinajstić information content (AvgIpc) is 2.26. The van der Waals surface area contributed by atoms with Crippen LogP contribution >= 0.6 is 0 Å². The van der Waals surface area contributed by atoms with Crippen LogP contribution in [0.15, 0.2) is 24.3 Å². The maximum atomic E-state index is 5.63. The summed E-state index contributed by atoms with van der Waals surface area (Å²) in [7, 11) is 0. The first-order valence-electron chi connectivity index (χ1n) is 5.08. The van der Waals surface area contributed by atoms with Gasteiger partial charge in [-0.05, 0) is 31.5 Å². The van der Waals surface area contributed by atoms with Gasteiger partial charge in [0.25, 0.3) is 0 Å². The first-order chi connectivity index (χ1) is 6.90. The van der Waals surface area contributed by atoms with Gasteiger partial charge >= 0.3 is 0 Å². The summed E-state index contributed by atoms with van der Waals surface area (Å²) in [6.45, 7) is 1.50. The second-order valence-electron chi connectivity index (χ2n) is 3.58. The lowest BCUT2D eigenvalue weighted by Crippen LogP contribution is -2.31. The summed E-state index contributed by atoms with van der Waals surface area (Å²) in [4.78, 5) is 0. The van der Waals surface area contributed by atoms with Crippen molar-refractivity contribution in [2.45, 2.75) is 18.9 Å². The third kappa shape index (κ3) is 1.99. The Balaban J connectivity index is 1.99. The molecule has 0 bridgehead atoms. The Bertz CT molecular complexity index is 301. The molecule has 3 nitrogen and oxygen atoms in total. The average molecular weight is 192 g/mol. The molecule has 1 aliphatic heterocycles. The van der Waals surface area contributed by atoms with E-state index in [9.17, 15) is 0 Å². The van der Waals surface area contributed by atoms with E-state index < -0.39 is 0 Å². The topological polar surface area (TPSA) is 47.3 Å². The molecule has 1 aromatic rings. The summed E-state index contributed by atoms with van der Waals surface area (Å²) >= 11 is 0. The maximum absolute atomic E-state index is 5.63. The minimum Gasteiger partial charge on any atom is -0.489 e. The molecular formula is C11H16N2O. The van der Waals surface area contributed by atoms with E-state index in [2.05, 4.69) is 5.32 Å². The SMILES string of the molecule is NCCCC1COc2ccccc2N1. The highest BCUT2D eigenvalue weighted by Gasteiger charge is 2.17. The molecule has 3 N–H and O–H groups in total. The van der Waals surface area contributed by atoms with Crippen LogP contribution in [0, 0.1) is 0 Å². The van der Waals surface area contributed by atoms with Crippen LogP contribution in [0.5, 0.6) is 5.75 Å². The molecule has 1 unspecified atom stereocenters. The van der Waals surface area contributed by atoms with Crippen LogP contribution in [0.25, 0.3) is 0 Å². The Morgan fingerprint density at radius 1 is 1.43 bits per heavy atom. The second-order valence-corrected chi connectivity index (χ2v) is 3.58. The van der Waals surface area contributed by atoms with Crippen molar-refractivity contribution in [2.24, 2.45) is 5.73 Å². The summed E-state index contributed by atoms with van der Waals surface area (Å²) in [5.41, 5.74) is 6.57. The molecule has 2 rings (SSSR count). The Hall–Kier alpha value is -1.22. The van der Waals surface area contributed by atoms with E-state index in [4.69, 9.17) is 10.5 Å². The highest BCUT2D eigenvalue weighted by Crippen LogP contribution is 2.28. The summed E-state index contributed by atoms with van der Waals surface area (Å²) in [5.74, 6) is 0.955. The number of hydrogen-bond donors (Lipinski definition) is 2. The van der Waals surface area contributed by atoms with Gasteiger partial charge in [0.15, 0.2) is 0 Å². The van der Waals surface area contributed by atoms with Crippen molar-refractivity contribution in [3.8, 4) is 5.75 Å². The predicted molar refractivity (Wildman–Crippen MR) is 57.6 cm³/mol. The lowest BCUT2D eigenvalue weighted by atomic mass is 10.1. The van der Waals surface area contributed by atoms with Gasteiger partial charge in [-0.2, -0.15) is 0 Å². The highest BCUT2D eigenvalue weighted by atomic mass is 16.5. The molecule has 0 spiro atoms. The Morgan fingerprint density at radius 3 is 3.14 bits per heavy atom. The number of fused-ring (bicyclic) bond motifs is 1. The lowest BCUT2D eigenvalue weighted by Gasteiger charge is -2.27. The zero-order chi connectivity index (χ0) is 9.80. The van der Waals surface area contributed by atoms with E-state index in [1.54, 1.807) is 0 Å². The number of para-hydroxylation sites is 2. The van der Waals surface area contributed by atoms with Crippen molar-refractivity contribution in [3.63, 3.8) is 0 Å². The first kappa shape index (κ1) is 9.34. The number of hydrogen-bond acceptors (Lipinski definition) is 3. The van der Waals surface area contributed by atoms with Gasteiger partial charge in [0.05, 0.1) is 11.7 Å². The smallest absolute Gasteiger partial charge is 0.142 e. The van der Waals surface area contributed by atoms with Gasteiger partial charge < -0.3 is 15.8 Å². The maximum Gasteiger partial charge on any atom is 0.142 e.